The number of ether oxygens (including phenoxy) is 1. The minimum Gasteiger partial charge on any atom is -0.469 e. The molecular formula is C22H19NO4. The zero-order chi connectivity index (χ0) is 18.4. The number of fused-ring (bicyclic) bond motifs is 3. The number of carbonyl (C=O) groups excluding carboxylic acids is 1. The van der Waals surface area contributed by atoms with Gasteiger partial charge in [-0.3, -0.25) is 4.79 Å². The Balaban J connectivity index is 1.72. The minimum absolute atomic E-state index is 0.113. The Bertz CT molecular complexity index is 1070. The van der Waals surface area contributed by atoms with Crippen molar-refractivity contribution in [1.82, 2.24) is 4.90 Å². The van der Waals surface area contributed by atoms with E-state index in [1.807, 2.05) is 53.4 Å². The Morgan fingerprint density at radius 2 is 1.74 bits per heavy atom. The van der Waals surface area contributed by atoms with Gasteiger partial charge in [-0.2, -0.15) is 0 Å². The Morgan fingerprint density at radius 3 is 2.52 bits per heavy atom. The van der Waals surface area contributed by atoms with Crippen LogP contribution in [0.5, 0.6) is 5.75 Å². The van der Waals surface area contributed by atoms with Crippen molar-refractivity contribution in [2.45, 2.75) is 31.4 Å². The third-order valence-electron chi connectivity index (χ3n) is 5.50. The second-order valence-corrected chi connectivity index (χ2v) is 7.09. The number of benzene rings is 2. The summed E-state index contributed by atoms with van der Waals surface area (Å²) in [4.78, 5) is 27.0. The second-order valence-electron chi connectivity index (χ2n) is 7.09. The molecule has 0 spiro atoms. The van der Waals surface area contributed by atoms with E-state index in [4.69, 9.17) is 9.15 Å². The summed E-state index contributed by atoms with van der Waals surface area (Å²) in [6, 6.07) is 17.3. The number of amides is 1. The van der Waals surface area contributed by atoms with Crippen molar-refractivity contribution in [2.24, 2.45) is 0 Å². The van der Waals surface area contributed by atoms with Gasteiger partial charge in [0.05, 0.1) is 10.9 Å². The maximum Gasteiger partial charge on any atom is 0.343 e. The Labute approximate surface area is 156 Å². The van der Waals surface area contributed by atoms with Gasteiger partial charge in [0.1, 0.15) is 11.3 Å². The molecule has 2 atom stereocenters. The first-order valence-corrected chi connectivity index (χ1v) is 9.29. The number of carbonyl (C=O) groups is 1. The van der Waals surface area contributed by atoms with Crippen molar-refractivity contribution in [3.63, 3.8) is 0 Å². The maximum absolute atomic E-state index is 12.8. The fourth-order valence-electron chi connectivity index (χ4n) is 4.22. The van der Waals surface area contributed by atoms with E-state index >= 15 is 0 Å². The fraction of sp³-hybridized carbons (Fsp3) is 0.273. The molecule has 3 heterocycles. The number of nitrogens with zero attached hydrogens (tertiary/aromatic N) is 1. The van der Waals surface area contributed by atoms with Gasteiger partial charge in [-0.05, 0) is 24.1 Å². The predicted molar refractivity (Wildman–Crippen MR) is 101 cm³/mol. The van der Waals surface area contributed by atoms with Gasteiger partial charge in [-0.25, -0.2) is 4.79 Å². The van der Waals surface area contributed by atoms with Gasteiger partial charge in [-0.1, -0.05) is 42.5 Å². The Kier molecular flexibility index (Phi) is 3.74. The highest BCUT2D eigenvalue weighted by atomic mass is 16.5. The molecular weight excluding hydrogens is 342 g/mol. The molecule has 0 radical (unpaired) electrons. The third kappa shape index (κ3) is 2.62. The van der Waals surface area contributed by atoms with Gasteiger partial charge in [-0.15, -0.1) is 0 Å². The van der Waals surface area contributed by atoms with Crippen LogP contribution in [-0.4, -0.2) is 23.6 Å². The zero-order valence-electron chi connectivity index (χ0n) is 14.8. The van der Waals surface area contributed by atoms with E-state index in [1.54, 1.807) is 6.07 Å². The van der Waals surface area contributed by atoms with Crippen LogP contribution in [-0.2, 0) is 4.79 Å². The highest BCUT2D eigenvalue weighted by Gasteiger charge is 2.39. The quantitative estimate of drug-likeness (QED) is 0.654. The lowest BCUT2D eigenvalue weighted by Crippen LogP contribution is -2.44. The van der Waals surface area contributed by atoms with E-state index in [-0.39, 0.29) is 23.7 Å². The number of para-hydroxylation sites is 1. The van der Waals surface area contributed by atoms with E-state index < -0.39 is 0 Å². The molecule has 1 saturated heterocycles. The number of hydrogen-bond donors (Lipinski definition) is 0. The van der Waals surface area contributed by atoms with Crippen LogP contribution >= 0.6 is 0 Å². The molecule has 2 aromatic carbocycles. The van der Waals surface area contributed by atoms with E-state index in [0.29, 0.717) is 36.3 Å². The summed E-state index contributed by atoms with van der Waals surface area (Å²) in [5.74, 6) is 0.489. The van der Waals surface area contributed by atoms with Crippen molar-refractivity contribution >= 4 is 16.9 Å². The monoisotopic (exact) mass is 361 g/mol. The zero-order valence-corrected chi connectivity index (χ0v) is 14.8. The summed E-state index contributed by atoms with van der Waals surface area (Å²) in [6.45, 7) is 0.694. The van der Waals surface area contributed by atoms with Crippen molar-refractivity contribution in [3.8, 4) is 5.75 Å². The summed E-state index contributed by atoms with van der Waals surface area (Å²) in [6.07, 6.45) is 1.58. The normalized spacial score (nSPS) is 21.9. The first-order chi connectivity index (χ1) is 13.2. The summed E-state index contributed by atoms with van der Waals surface area (Å²) in [7, 11) is 0. The molecule has 5 heteroatoms. The molecule has 0 N–H and O–H groups in total. The van der Waals surface area contributed by atoms with Gasteiger partial charge in [0.2, 0.25) is 5.91 Å². The summed E-state index contributed by atoms with van der Waals surface area (Å²) < 4.78 is 11.9. The van der Waals surface area contributed by atoms with Crippen LogP contribution in [0.3, 0.4) is 0 Å². The highest BCUT2D eigenvalue weighted by molar-refractivity contribution is 5.85. The average Bonchev–Trinajstić information content (AvgIpc) is 3.14. The number of likely N-dealkylation sites (tertiary alicyclic amines) is 1. The van der Waals surface area contributed by atoms with Crippen LogP contribution < -0.4 is 10.4 Å². The molecule has 0 bridgehead atoms. The fourth-order valence-corrected chi connectivity index (χ4v) is 4.22. The molecule has 3 aromatic rings. The molecule has 0 aliphatic carbocycles. The van der Waals surface area contributed by atoms with Crippen LogP contribution in [0.1, 0.15) is 36.3 Å². The second kappa shape index (κ2) is 6.27. The number of rotatable bonds is 2. The average molecular weight is 361 g/mol. The van der Waals surface area contributed by atoms with Crippen LogP contribution in [0, 0.1) is 0 Å². The summed E-state index contributed by atoms with van der Waals surface area (Å²) >= 11 is 0. The van der Waals surface area contributed by atoms with Crippen LogP contribution in [0.2, 0.25) is 0 Å². The van der Waals surface area contributed by atoms with Gasteiger partial charge >= 0.3 is 5.63 Å². The van der Waals surface area contributed by atoms with Gasteiger partial charge < -0.3 is 14.1 Å². The molecule has 1 aromatic heterocycles. The minimum atomic E-state index is -0.372. The Hall–Kier alpha value is -3.08. The van der Waals surface area contributed by atoms with Crippen LogP contribution in [0.4, 0.5) is 0 Å². The summed E-state index contributed by atoms with van der Waals surface area (Å²) in [5, 5.41) is 0.768. The van der Waals surface area contributed by atoms with Crippen molar-refractivity contribution in [1.29, 1.82) is 0 Å². The van der Waals surface area contributed by atoms with Gasteiger partial charge in [0.25, 0.3) is 0 Å². The van der Waals surface area contributed by atoms with Crippen LogP contribution in [0.15, 0.2) is 63.8 Å². The lowest BCUT2D eigenvalue weighted by molar-refractivity contribution is -0.135. The first kappa shape index (κ1) is 16.1. The van der Waals surface area contributed by atoms with Crippen molar-refractivity contribution in [2.75, 3.05) is 6.54 Å². The maximum atomic E-state index is 12.8. The molecule has 0 saturated carbocycles. The molecule has 27 heavy (non-hydrogen) atoms. The molecule has 2 aliphatic rings. The number of hydrogen-bond acceptors (Lipinski definition) is 4. The Morgan fingerprint density at radius 1 is 0.963 bits per heavy atom. The lowest BCUT2D eigenvalue weighted by Gasteiger charge is -2.36. The molecule has 5 nitrogen and oxygen atoms in total. The largest absolute Gasteiger partial charge is 0.469 e. The molecule has 1 fully saturated rings. The molecule has 1 amide bonds. The molecule has 136 valence electrons. The molecule has 5 rings (SSSR count). The summed E-state index contributed by atoms with van der Waals surface area (Å²) in [5.41, 5.74) is 1.70. The van der Waals surface area contributed by atoms with Gasteiger partial charge in [0.15, 0.2) is 6.23 Å². The van der Waals surface area contributed by atoms with Crippen LogP contribution in [0.25, 0.3) is 11.0 Å². The smallest absolute Gasteiger partial charge is 0.343 e. The van der Waals surface area contributed by atoms with E-state index in [1.165, 1.54) is 0 Å². The van der Waals surface area contributed by atoms with Crippen molar-refractivity contribution in [3.05, 3.63) is 76.1 Å². The van der Waals surface area contributed by atoms with E-state index in [0.717, 1.165) is 17.4 Å². The topological polar surface area (TPSA) is 59.8 Å². The predicted octanol–water partition coefficient (Wildman–Crippen LogP) is 3.66. The molecule has 2 aliphatic heterocycles. The molecule has 0 unspecified atom stereocenters. The van der Waals surface area contributed by atoms with Crippen molar-refractivity contribution < 1.29 is 13.9 Å². The standard InChI is InChI=1S/C22H19NO4/c24-18-11-6-12-23(18)19-13-16(14-7-2-1-3-8-14)20-21(27-19)15-9-4-5-10-17(15)26-22(20)25/h1-5,7-10,16,19H,6,11-13H2/t16-,19-/m1/s1. The highest BCUT2D eigenvalue weighted by Crippen LogP contribution is 2.43. The SMILES string of the molecule is O=C1CCCN1[C@H]1C[C@H](c2ccccc2)c2c(c3ccccc3oc2=O)O1. The van der Waals surface area contributed by atoms with Gasteiger partial charge in [0, 0.05) is 25.3 Å². The lowest BCUT2D eigenvalue weighted by atomic mass is 9.85. The van der Waals surface area contributed by atoms with E-state index in [9.17, 15) is 9.59 Å². The first-order valence-electron chi connectivity index (χ1n) is 9.29. The third-order valence-corrected chi connectivity index (χ3v) is 5.50. The van der Waals surface area contributed by atoms with E-state index in [2.05, 4.69) is 0 Å².